The van der Waals surface area contributed by atoms with Crippen molar-refractivity contribution in [2.75, 3.05) is 7.05 Å². The topological polar surface area (TPSA) is 57.0 Å². The zero-order valence-corrected chi connectivity index (χ0v) is 11.4. The van der Waals surface area contributed by atoms with Crippen LogP contribution in [0.15, 0.2) is 5.38 Å². The van der Waals surface area contributed by atoms with Crippen molar-refractivity contribution in [3.05, 3.63) is 16.1 Å². The van der Waals surface area contributed by atoms with Crippen LogP contribution >= 0.6 is 11.3 Å². The van der Waals surface area contributed by atoms with E-state index < -0.39 is 5.92 Å². The molecule has 0 fully saturated rings. The summed E-state index contributed by atoms with van der Waals surface area (Å²) in [6.45, 7) is 6.16. The lowest BCUT2D eigenvalue weighted by atomic mass is 9.96. The zero-order valence-electron chi connectivity index (χ0n) is 10.6. The predicted octanol–water partition coefficient (Wildman–Crippen LogP) is 2.21. The van der Waals surface area contributed by atoms with E-state index in [1.165, 1.54) is 0 Å². The number of hydrogen-bond acceptors (Lipinski definition) is 4. The molecule has 0 N–H and O–H groups in total. The molecule has 1 aromatic heterocycles. The van der Waals surface area contributed by atoms with Crippen LogP contribution in [0.4, 0.5) is 0 Å². The van der Waals surface area contributed by atoms with E-state index in [2.05, 4.69) is 11.1 Å². The van der Waals surface area contributed by atoms with Crippen molar-refractivity contribution < 1.29 is 4.79 Å². The second kappa shape index (κ2) is 5.78. The minimum absolute atomic E-state index is 0.0344. The van der Waals surface area contributed by atoms with Crippen molar-refractivity contribution >= 4 is 17.2 Å². The SMILES string of the molecule is Cc1nc(CN(C)C(=O)C(C#N)C(C)C)cs1. The first-order chi connectivity index (χ1) is 7.95. The second-order valence-corrected chi connectivity index (χ2v) is 5.47. The van der Waals surface area contributed by atoms with Crippen LogP contribution in [-0.2, 0) is 11.3 Å². The number of aromatic nitrogens is 1. The molecule has 0 aromatic carbocycles. The largest absolute Gasteiger partial charge is 0.339 e. The Bertz CT molecular complexity index is 433. The molecular formula is C12H17N3OS. The Balaban J connectivity index is 2.67. The van der Waals surface area contributed by atoms with Crippen LogP contribution in [0.25, 0.3) is 0 Å². The number of hydrogen-bond donors (Lipinski definition) is 0. The molecule has 0 bridgehead atoms. The highest BCUT2D eigenvalue weighted by Crippen LogP contribution is 2.15. The van der Waals surface area contributed by atoms with Gasteiger partial charge in [0.2, 0.25) is 5.91 Å². The summed E-state index contributed by atoms with van der Waals surface area (Å²) < 4.78 is 0. The molecule has 0 saturated carbocycles. The molecule has 1 rings (SSSR count). The molecule has 1 atom stereocenters. The van der Waals surface area contributed by atoms with Crippen LogP contribution in [-0.4, -0.2) is 22.8 Å². The average Bonchev–Trinajstić information content (AvgIpc) is 2.64. The minimum atomic E-state index is -0.570. The van der Waals surface area contributed by atoms with Gasteiger partial charge >= 0.3 is 0 Å². The molecule has 0 spiro atoms. The van der Waals surface area contributed by atoms with Gasteiger partial charge in [-0.3, -0.25) is 4.79 Å². The van der Waals surface area contributed by atoms with Gasteiger partial charge in [0.25, 0.3) is 0 Å². The van der Waals surface area contributed by atoms with E-state index in [1.54, 1.807) is 23.3 Å². The third kappa shape index (κ3) is 3.53. The highest BCUT2D eigenvalue weighted by molar-refractivity contribution is 7.09. The van der Waals surface area contributed by atoms with Crippen LogP contribution in [0.2, 0.25) is 0 Å². The number of carbonyl (C=O) groups is 1. The Labute approximate surface area is 106 Å². The number of amides is 1. The fourth-order valence-electron chi connectivity index (χ4n) is 1.53. The van der Waals surface area contributed by atoms with Crippen LogP contribution in [0, 0.1) is 30.1 Å². The normalized spacial score (nSPS) is 12.2. The number of thiazole rings is 1. The lowest BCUT2D eigenvalue weighted by molar-refractivity contribution is -0.134. The van der Waals surface area contributed by atoms with E-state index in [0.29, 0.717) is 6.54 Å². The maximum atomic E-state index is 12.0. The molecule has 1 amide bonds. The van der Waals surface area contributed by atoms with Gasteiger partial charge in [-0.15, -0.1) is 11.3 Å². The lowest BCUT2D eigenvalue weighted by Gasteiger charge is -2.21. The van der Waals surface area contributed by atoms with Gasteiger partial charge in [-0.2, -0.15) is 5.26 Å². The van der Waals surface area contributed by atoms with Gasteiger partial charge in [0, 0.05) is 12.4 Å². The van der Waals surface area contributed by atoms with Crippen LogP contribution in [0.5, 0.6) is 0 Å². The van der Waals surface area contributed by atoms with E-state index in [9.17, 15) is 4.79 Å². The van der Waals surface area contributed by atoms with E-state index in [-0.39, 0.29) is 11.8 Å². The quantitative estimate of drug-likeness (QED) is 0.824. The monoisotopic (exact) mass is 251 g/mol. The van der Waals surface area contributed by atoms with Gasteiger partial charge in [0.05, 0.1) is 23.3 Å². The van der Waals surface area contributed by atoms with Crippen molar-refractivity contribution in [3.63, 3.8) is 0 Å². The van der Waals surface area contributed by atoms with Crippen molar-refractivity contribution in [3.8, 4) is 6.07 Å². The molecule has 0 saturated heterocycles. The molecule has 5 heteroatoms. The summed E-state index contributed by atoms with van der Waals surface area (Å²) in [7, 11) is 1.71. The Hall–Kier alpha value is -1.41. The maximum Gasteiger partial charge on any atom is 0.240 e. The molecule has 0 aliphatic heterocycles. The third-order valence-electron chi connectivity index (χ3n) is 2.51. The number of rotatable bonds is 4. The summed E-state index contributed by atoms with van der Waals surface area (Å²) in [5, 5.41) is 11.9. The number of nitrogens with zero attached hydrogens (tertiary/aromatic N) is 3. The van der Waals surface area contributed by atoms with Crippen molar-refractivity contribution in [1.29, 1.82) is 5.26 Å². The van der Waals surface area contributed by atoms with Crippen molar-refractivity contribution in [1.82, 2.24) is 9.88 Å². The summed E-state index contributed by atoms with van der Waals surface area (Å²) in [4.78, 5) is 17.9. The molecule has 4 nitrogen and oxygen atoms in total. The molecule has 0 radical (unpaired) electrons. The summed E-state index contributed by atoms with van der Waals surface area (Å²) >= 11 is 1.56. The van der Waals surface area contributed by atoms with Gasteiger partial charge < -0.3 is 4.90 Å². The number of nitriles is 1. The van der Waals surface area contributed by atoms with E-state index in [1.807, 2.05) is 26.2 Å². The molecule has 1 aromatic rings. The van der Waals surface area contributed by atoms with Gasteiger partial charge in [-0.05, 0) is 12.8 Å². The minimum Gasteiger partial charge on any atom is -0.339 e. The average molecular weight is 251 g/mol. The van der Waals surface area contributed by atoms with Gasteiger partial charge in [-0.1, -0.05) is 13.8 Å². The van der Waals surface area contributed by atoms with Crippen molar-refractivity contribution in [2.45, 2.75) is 27.3 Å². The summed E-state index contributed by atoms with van der Waals surface area (Å²) in [6, 6.07) is 2.06. The lowest BCUT2D eigenvalue weighted by Crippen LogP contribution is -2.34. The zero-order chi connectivity index (χ0) is 13.0. The fraction of sp³-hybridized carbons (Fsp3) is 0.583. The third-order valence-corrected chi connectivity index (χ3v) is 3.34. The summed E-state index contributed by atoms with van der Waals surface area (Å²) in [6.07, 6.45) is 0. The molecule has 1 unspecified atom stereocenters. The van der Waals surface area contributed by atoms with E-state index in [0.717, 1.165) is 10.7 Å². The Kier molecular flexibility index (Phi) is 4.64. The second-order valence-electron chi connectivity index (χ2n) is 4.40. The molecule has 1 heterocycles. The number of aryl methyl sites for hydroxylation is 1. The molecule has 92 valence electrons. The van der Waals surface area contributed by atoms with Gasteiger partial charge in [0.15, 0.2) is 0 Å². The Morgan fingerprint density at radius 1 is 1.65 bits per heavy atom. The van der Waals surface area contributed by atoms with Crippen LogP contribution in [0.1, 0.15) is 24.5 Å². The standard InChI is InChI=1S/C12H17N3OS/c1-8(2)11(5-13)12(16)15(4)6-10-7-17-9(3)14-10/h7-8,11H,6H2,1-4H3. The fourth-order valence-corrected chi connectivity index (χ4v) is 2.13. The van der Waals surface area contributed by atoms with Gasteiger partial charge in [0.1, 0.15) is 5.92 Å². The molecule has 17 heavy (non-hydrogen) atoms. The first-order valence-electron chi connectivity index (χ1n) is 5.51. The molecular weight excluding hydrogens is 234 g/mol. The maximum absolute atomic E-state index is 12.0. The van der Waals surface area contributed by atoms with E-state index >= 15 is 0 Å². The predicted molar refractivity (Wildman–Crippen MR) is 67.3 cm³/mol. The van der Waals surface area contributed by atoms with E-state index in [4.69, 9.17) is 5.26 Å². The summed E-state index contributed by atoms with van der Waals surface area (Å²) in [5.41, 5.74) is 0.879. The van der Waals surface area contributed by atoms with Crippen molar-refractivity contribution in [2.24, 2.45) is 11.8 Å². The first kappa shape index (κ1) is 13.7. The summed E-state index contributed by atoms with van der Waals surface area (Å²) in [5.74, 6) is -0.667. The highest BCUT2D eigenvalue weighted by Gasteiger charge is 2.25. The Morgan fingerprint density at radius 3 is 2.71 bits per heavy atom. The van der Waals surface area contributed by atoms with Crippen LogP contribution < -0.4 is 0 Å². The molecule has 0 aliphatic carbocycles. The molecule has 0 aliphatic rings. The van der Waals surface area contributed by atoms with Gasteiger partial charge in [-0.25, -0.2) is 4.98 Å². The number of carbonyl (C=O) groups excluding carboxylic acids is 1. The smallest absolute Gasteiger partial charge is 0.240 e. The first-order valence-corrected chi connectivity index (χ1v) is 6.39. The van der Waals surface area contributed by atoms with Crippen LogP contribution in [0.3, 0.4) is 0 Å². The highest BCUT2D eigenvalue weighted by atomic mass is 32.1. The Morgan fingerprint density at radius 2 is 2.29 bits per heavy atom.